The molecule has 11 N–H and O–H groups in total. The van der Waals surface area contributed by atoms with E-state index >= 15 is 0 Å². The number of rotatable bonds is 9. The Morgan fingerprint density at radius 3 is 1.87 bits per heavy atom. The van der Waals surface area contributed by atoms with E-state index in [9.17, 15) is 65.8 Å². The second-order valence-corrected chi connectivity index (χ2v) is 22.8. The molecular weight excluding hydrogens is 881 g/mol. The van der Waals surface area contributed by atoms with Crippen LogP contribution in [0.2, 0.25) is 0 Å². The number of carboxylic acids is 1. The van der Waals surface area contributed by atoms with Crippen LogP contribution in [0.3, 0.4) is 0 Å². The maximum Gasteiger partial charge on any atom is 0.315 e. The predicted octanol–water partition coefficient (Wildman–Crippen LogP) is 0.0887. The van der Waals surface area contributed by atoms with Gasteiger partial charge in [0.05, 0.1) is 36.3 Å². The van der Waals surface area contributed by atoms with E-state index in [1.807, 2.05) is 0 Å². The Kier molecular flexibility index (Phi) is 14.0. The third-order valence-corrected chi connectivity index (χ3v) is 19.4. The molecule has 0 unspecified atom stereocenters. The van der Waals surface area contributed by atoms with E-state index in [0.29, 0.717) is 44.9 Å². The van der Waals surface area contributed by atoms with Crippen molar-refractivity contribution in [1.82, 2.24) is 0 Å². The largest absolute Gasteiger partial charge is 0.481 e. The van der Waals surface area contributed by atoms with E-state index in [-0.39, 0.29) is 41.9 Å². The van der Waals surface area contributed by atoms with Crippen LogP contribution in [0.5, 0.6) is 0 Å². The Balaban J connectivity index is 1.05. The summed E-state index contributed by atoms with van der Waals surface area (Å²) < 4.78 is 35.7. The Bertz CT molecular complexity index is 1860. The van der Waals surface area contributed by atoms with Crippen LogP contribution in [-0.4, -0.2) is 180 Å². The molecule has 382 valence electrons. The molecule has 0 amide bonds. The van der Waals surface area contributed by atoms with Crippen LogP contribution in [0, 0.1) is 56.7 Å². The maximum atomic E-state index is 14.7. The first-order valence-electron chi connectivity index (χ1n) is 24.5. The number of carbonyl (C=O) groups excluding carboxylic acids is 1. The van der Waals surface area contributed by atoms with Gasteiger partial charge in [0, 0.05) is 0 Å². The molecule has 0 aromatic rings. The number of hydrogen-bond donors (Lipinski definition) is 11. The molecule has 25 atom stereocenters. The highest BCUT2D eigenvalue weighted by Crippen LogP contribution is 2.76. The number of aliphatic carboxylic acids is 1. The molecule has 0 radical (unpaired) electrons. The number of carbonyl (C=O) groups is 2. The number of aliphatic hydroxyl groups is 10. The Hall–Kier alpha value is -1.92. The van der Waals surface area contributed by atoms with E-state index in [1.165, 1.54) is 0 Å². The van der Waals surface area contributed by atoms with Gasteiger partial charge in [0.15, 0.2) is 12.6 Å². The fraction of sp³-hybridized carbons (Fsp3) is 0.917. The van der Waals surface area contributed by atoms with Gasteiger partial charge >= 0.3 is 11.9 Å². The van der Waals surface area contributed by atoms with Gasteiger partial charge in [-0.25, -0.2) is 0 Å². The van der Waals surface area contributed by atoms with Crippen LogP contribution in [0.4, 0.5) is 0 Å². The van der Waals surface area contributed by atoms with Crippen molar-refractivity contribution in [3.63, 3.8) is 0 Å². The molecule has 0 aromatic heterocycles. The number of aliphatic hydroxyl groups excluding tert-OH is 10. The Morgan fingerprint density at radius 1 is 0.657 bits per heavy atom. The molecule has 4 saturated carbocycles. The van der Waals surface area contributed by atoms with Crippen LogP contribution >= 0.6 is 0 Å². The molecule has 7 fully saturated rings. The lowest BCUT2D eigenvalue weighted by atomic mass is 9.33. The van der Waals surface area contributed by atoms with Crippen molar-refractivity contribution in [1.29, 1.82) is 0 Å². The van der Waals surface area contributed by atoms with Gasteiger partial charge in [0.1, 0.15) is 67.1 Å². The molecule has 0 bridgehead atoms. The normalized spacial score (nSPS) is 54.0. The number of hydrogen-bond acceptors (Lipinski definition) is 18. The molecule has 67 heavy (non-hydrogen) atoms. The lowest BCUT2D eigenvalue weighted by Gasteiger charge is -2.70. The molecule has 3 saturated heterocycles. The Labute approximate surface area is 391 Å². The minimum atomic E-state index is -1.78. The third kappa shape index (κ3) is 7.70. The van der Waals surface area contributed by atoms with Crippen molar-refractivity contribution < 1.29 is 94.2 Å². The van der Waals surface area contributed by atoms with Crippen LogP contribution in [0.1, 0.15) is 106 Å². The predicted molar refractivity (Wildman–Crippen MR) is 231 cm³/mol. The monoisotopic (exact) mass is 956 g/mol. The lowest BCUT2D eigenvalue weighted by Crippen LogP contribution is -2.68. The van der Waals surface area contributed by atoms with Gasteiger partial charge in [-0.2, -0.15) is 0 Å². The first-order chi connectivity index (χ1) is 31.4. The van der Waals surface area contributed by atoms with Gasteiger partial charge in [-0.1, -0.05) is 53.2 Å². The summed E-state index contributed by atoms with van der Waals surface area (Å²) in [6.45, 7) is 13.0. The highest BCUT2D eigenvalue weighted by molar-refractivity contribution is 5.85. The van der Waals surface area contributed by atoms with Gasteiger partial charge in [0.2, 0.25) is 6.29 Å². The summed E-state index contributed by atoms with van der Waals surface area (Å²) in [5.41, 5.74) is -3.41. The second kappa shape index (κ2) is 18.3. The standard InChI is InChI=1S/C48H76O19/c1-20-10-15-47(43(61)67-40-36(57)34(55)32(53)25(19-50)64-40)16-17-48(42(59)60)23(29(47)21(20)2)8-9-27-45(6)13-12-28(44(4,5)26(45)11-14-46(27,48)7)65-41-37(58)38(30(51)22(3)62-41)66-39-35(56)33(54)31(52)24(18-49)63-39/h8,20-22,24-41,49-58H,9-19H2,1-7H3,(H,59,60)/t20-,21+,22-,24-,25-,26+,27-,28+,29+,30+,31-,32-,33+,34+,35-,36-,37-,38+,39-,40-,41+,45+,46-,47+,48-/m1/s1. The van der Waals surface area contributed by atoms with E-state index < -0.39 is 151 Å². The molecule has 19 nitrogen and oxygen atoms in total. The first kappa shape index (κ1) is 51.4. The minimum Gasteiger partial charge on any atom is -0.481 e. The lowest BCUT2D eigenvalue weighted by molar-refractivity contribution is -0.366. The third-order valence-electron chi connectivity index (χ3n) is 19.4. The smallest absolute Gasteiger partial charge is 0.315 e. The Morgan fingerprint density at radius 2 is 1.25 bits per heavy atom. The summed E-state index contributed by atoms with van der Waals surface area (Å²) in [7, 11) is 0. The summed E-state index contributed by atoms with van der Waals surface area (Å²) in [6.07, 6.45) is -16.6. The molecular formula is C48H76O19. The number of carboxylic acid groups (broad SMARTS) is 1. The van der Waals surface area contributed by atoms with Gasteiger partial charge < -0.3 is 84.6 Å². The molecule has 3 aliphatic heterocycles. The fourth-order valence-corrected chi connectivity index (χ4v) is 15.3. The average molecular weight is 957 g/mol. The second-order valence-electron chi connectivity index (χ2n) is 22.8. The molecule has 0 aromatic carbocycles. The van der Waals surface area contributed by atoms with E-state index in [0.717, 1.165) is 5.57 Å². The average Bonchev–Trinajstić information content (AvgIpc) is 3.28. The molecule has 8 rings (SSSR count). The van der Waals surface area contributed by atoms with Crippen molar-refractivity contribution in [2.75, 3.05) is 13.2 Å². The molecule has 8 aliphatic rings. The van der Waals surface area contributed by atoms with Crippen molar-refractivity contribution in [3.05, 3.63) is 11.6 Å². The van der Waals surface area contributed by atoms with Crippen molar-refractivity contribution in [2.45, 2.75) is 204 Å². The van der Waals surface area contributed by atoms with Crippen LogP contribution in [0.15, 0.2) is 11.6 Å². The zero-order valence-corrected chi connectivity index (χ0v) is 39.7. The van der Waals surface area contributed by atoms with Crippen molar-refractivity contribution in [3.8, 4) is 0 Å². The van der Waals surface area contributed by atoms with Crippen molar-refractivity contribution >= 4 is 11.9 Å². The highest BCUT2D eigenvalue weighted by atomic mass is 16.7. The van der Waals surface area contributed by atoms with Crippen LogP contribution in [-0.2, 0) is 38.0 Å². The number of esters is 1. The van der Waals surface area contributed by atoms with Crippen molar-refractivity contribution in [2.24, 2.45) is 56.7 Å². The highest BCUT2D eigenvalue weighted by Gasteiger charge is 2.74. The summed E-state index contributed by atoms with van der Waals surface area (Å²) in [4.78, 5) is 29.1. The topological polar surface area (TPSA) is 312 Å². The molecule has 5 aliphatic carbocycles. The van der Waals surface area contributed by atoms with E-state index in [4.69, 9.17) is 28.4 Å². The SMILES string of the molecule is C[C@H]1[C@H](C)CC[C@]2(C(=O)O[C@H]3O[C@H](CO)[C@@H](O)[C@H](O)[C@H]3O)CC[C@]3(C(=O)O)C(=CC[C@@H]4[C@@]5(C)CC[C@H](O[C@@H]6O[C@H](C)[C@H](O)[C@H](O[C@H]7O[C@H](CO)[C@@H](O)[C@H](O)[C@H]7O)[C@H]6O)C(C)(C)[C@@H]5CC[C@]43C)[C@H]12. The van der Waals surface area contributed by atoms with Gasteiger partial charge in [-0.3, -0.25) is 9.59 Å². The quantitative estimate of drug-likeness (QED) is 0.0829. The fourth-order valence-electron chi connectivity index (χ4n) is 15.3. The summed E-state index contributed by atoms with van der Waals surface area (Å²) in [6, 6.07) is 0. The zero-order chi connectivity index (χ0) is 49.1. The van der Waals surface area contributed by atoms with E-state index in [2.05, 4.69) is 47.6 Å². The van der Waals surface area contributed by atoms with E-state index in [1.54, 1.807) is 6.92 Å². The molecule has 0 spiro atoms. The zero-order valence-electron chi connectivity index (χ0n) is 39.7. The number of allylic oxidation sites excluding steroid dienone is 1. The summed E-state index contributed by atoms with van der Waals surface area (Å²) >= 11 is 0. The van der Waals surface area contributed by atoms with Crippen LogP contribution in [0.25, 0.3) is 0 Å². The number of ether oxygens (including phenoxy) is 6. The molecule has 19 heteroatoms. The van der Waals surface area contributed by atoms with Gasteiger partial charge in [-0.05, 0) is 111 Å². The number of fused-ring (bicyclic) bond motifs is 7. The summed E-state index contributed by atoms with van der Waals surface area (Å²) in [5, 5.41) is 117. The summed E-state index contributed by atoms with van der Waals surface area (Å²) in [5.74, 6) is -2.15. The minimum absolute atomic E-state index is 0.0207. The maximum absolute atomic E-state index is 14.7. The van der Waals surface area contributed by atoms with Gasteiger partial charge in [-0.15, -0.1) is 0 Å². The molecule has 3 heterocycles. The van der Waals surface area contributed by atoms with Gasteiger partial charge in [0.25, 0.3) is 0 Å². The van der Waals surface area contributed by atoms with Crippen LogP contribution < -0.4 is 0 Å². The first-order valence-corrected chi connectivity index (χ1v) is 24.5.